The highest BCUT2D eigenvalue weighted by Gasteiger charge is 1.97. The SMILES string of the molecule is CCOc1ccc(Cc2ccc(N)cc2)cc1. The first kappa shape index (κ1) is 11.5. The van der Waals surface area contributed by atoms with E-state index >= 15 is 0 Å². The van der Waals surface area contributed by atoms with Gasteiger partial charge >= 0.3 is 0 Å². The van der Waals surface area contributed by atoms with Gasteiger partial charge < -0.3 is 10.5 Å². The van der Waals surface area contributed by atoms with Crippen molar-refractivity contribution >= 4 is 5.69 Å². The van der Waals surface area contributed by atoms with E-state index in [0.717, 1.165) is 17.9 Å². The molecule has 0 aliphatic heterocycles. The molecule has 0 aromatic heterocycles. The van der Waals surface area contributed by atoms with Crippen LogP contribution in [0.15, 0.2) is 48.5 Å². The lowest BCUT2D eigenvalue weighted by Crippen LogP contribution is -1.93. The lowest BCUT2D eigenvalue weighted by Gasteiger charge is -2.05. The third-order valence-electron chi connectivity index (χ3n) is 2.62. The molecule has 2 nitrogen and oxygen atoms in total. The summed E-state index contributed by atoms with van der Waals surface area (Å²) in [6, 6.07) is 16.2. The maximum Gasteiger partial charge on any atom is 0.119 e. The van der Waals surface area contributed by atoms with Crippen molar-refractivity contribution in [1.29, 1.82) is 0 Å². The Morgan fingerprint density at radius 3 is 1.94 bits per heavy atom. The van der Waals surface area contributed by atoms with E-state index in [4.69, 9.17) is 10.5 Å². The topological polar surface area (TPSA) is 35.2 Å². The van der Waals surface area contributed by atoms with E-state index < -0.39 is 0 Å². The van der Waals surface area contributed by atoms with Gasteiger partial charge in [0.2, 0.25) is 0 Å². The Hall–Kier alpha value is -1.96. The Bertz CT molecular complexity index is 459. The third kappa shape index (κ3) is 3.25. The smallest absolute Gasteiger partial charge is 0.119 e. The maximum atomic E-state index is 5.66. The molecule has 2 N–H and O–H groups in total. The highest BCUT2D eigenvalue weighted by atomic mass is 16.5. The molecule has 0 aliphatic carbocycles. The van der Waals surface area contributed by atoms with Gasteiger partial charge in [-0.05, 0) is 48.7 Å². The van der Waals surface area contributed by atoms with Crippen molar-refractivity contribution < 1.29 is 4.74 Å². The zero-order valence-electron chi connectivity index (χ0n) is 10.0. The number of hydrogen-bond donors (Lipinski definition) is 1. The summed E-state index contributed by atoms with van der Waals surface area (Å²) in [6.45, 7) is 2.69. The number of hydrogen-bond acceptors (Lipinski definition) is 2. The van der Waals surface area contributed by atoms with Crippen molar-refractivity contribution in [3.8, 4) is 5.75 Å². The molecule has 0 aliphatic rings. The van der Waals surface area contributed by atoms with Gasteiger partial charge in [-0.15, -0.1) is 0 Å². The molecule has 0 spiro atoms. The first-order chi connectivity index (χ1) is 8.28. The fraction of sp³-hybridized carbons (Fsp3) is 0.200. The van der Waals surface area contributed by atoms with Crippen molar-refractivity contribution in [2.45, 2.75) is 13.3 Å². The number of benzene rings is 2. The molecule has 88 valence electrons. The Morgan fingerprint density at radius 2 is 1.41 bits per heavy atom. The van der Waals surface area contributed by atoms with Gasteiger partial charge in [0.25, 0.3) is 0 Å². The monoisotopic (exact) mass is 227 g/mol. The molecule has 2 aromatic carbocycles. The largest absolute Gasteiger partial charge is 0.494 e. The van der Waals surface area contributed by atoms with Crippen LogP contribution in [0.3, 0.4) is 0 Å². The van der Waals surface area contributed by atoms with Crippen molar-refractivity contribution in [2.75, 3.05) is 12.3 Å². The molecule has 0 saturated heterocycles. The summed E-state index contributed by atoms with van der Waals surface area (Å²) in [5, 5.41) is 0. The van der Waals surface area contributed by atoms with Gasteiger partial charge in [0.05, 0.1) is 6.61 Å². The van der Waals surface area contributed by atoms with Crippen LogP contribution in [0.2, 0.25) is 0 Å². The minimum atomic E-state index is 0.706. The normalized spacial score (nSPS) is 10.2. The summed E-state index contributed by atoms with van der Waals surface area (Å²) in [5.74, 6) is 0.925. The van der Waals surface area contributed by atoms with Crippen LogP contribution in [0.5, 0.6) is 5.75 Å². The van der Waals surface area contributed by atoms with E-state index in [2.05, 4.69) is 24.3 Å². The maximum absolute atomic E-state index is 5.66. The Morgan fingerprint density at radius 1 is 0.882 bits per heavy atom. The van der Waals surface area contributed by atoms with Crippen molar-refractivity contribution in [3.63, 3.8) is 0 Å². The van der Waals surface area contributed by atoms with E-state index in [1.165, 1.54) is 11.1 Å². The van der Waals surface area contributed by atoms with Crippen molar-refractivity contribution in [1.82, 2.24) is 0 Å². The molecule has 0 amide bonds. The number of ether oxygens (including phenoxy) is 1. The second-order valence-electron chi connectivity index (χ2n) is 4.00. The fourth-order valence-electron chi connectivity index (χ4n) is 1.74. The molecule has 2 rings (SSSR count). The van der Waals surface area contributed by atoms with Crippen LogP contribution >= 0.6 is 0 Å². The fourth-order valence-corrected chi connectivity index (χ4v) is 1.74. The predicted octanol–water partition coefficient (Wildman–Crippen LogP) is 3.26. The zero-order chi connectivity index (χ0) is 12.1. The Labute approximate surface area is 102 Å². The molecule has 0 saturated carbocycles. The van der Waals surface area contributed by atoms with Gasteiger partial charge in [-0.1, -0.05) is 24.3 Å². The number of anilines is 1. The summed E-state index contributed by atoms with van der Waals surface area (Å²) in [4.78, 5) is 0. The molecule has 0 fully saturated rings. The van der Waals surface area contributed by atoms with E-state index in [1.807, 2.05) is 31.2 Å². The van der Waals surface area contributed by atoms with Gasteiger partial charge in [-0.3, -0.25) is 0 Å². The zero-order valence-corrected chi connectivity index (χ0v) is 10.0. The van der Waals surface area contributed by atoms with E-state index in [9.17, 15) is 0 Å². The number of nitrogen functional groups attached to an aromatic ring is 1. The quantitative estimate of drug-likeness (QED) is 0.814. The van der Waals surface area contributed by atoms with Gasteiger partial charge in [-0.25, -0.2) is 0 Å². The average Bonchev–Trinajstić information content (AvgIpc) is 2.35. The van der Waals surface area contributed by atoms with Gasteiger partial charge in [0, 0.05) is 5.69 Å². The van der Waals surface area contributed by atoms with Crippen LogP contribution < -0.4 is 10.5 Å². The van der Waals surface area contributed by atoms with Gasteiger partial charge in [0.1, 0.15) is 5.75 Å². The minimum Gasteiger partial charge on any atom is -0.494 e. The molecule has 0 heterocycles. The summed E-state index contributed by atoms with van der Waals surface area (Å²) >= 11 is 0. The summed E-state index contributed by atoms with van der Waals surface area (Å²) in [7, 11) is 0. The standard InChI is InChI=1S/C15H17NO/c1-2-17-15-9-5-13(6-10-15)11-12-3-7-14(16)8-4-12/h3-10H,2,11,16H2,1H3. The van der Waals surface area contributed by atoms with Crippen LogP contribution in [0.1, 0.15) is 18.1 Å². The summed E-state index contributed by atoms with van der Waals surface area (Å²) < 4.78 is 5.41. The van der Waals surface area contributed by atoms with E-state index in [-0.39, 0.29) is 0 Å². The summed E-state index contributed by atoms with van der Waals surface area (Å²) in [5.41, 5.74) is 9.01. The molecule has 17 heavy (non-hydrogen) atoms. The number of nitrogens with two attached hydrogens (primary N) is 1. The van der Waals surface area contributed by atoms with Crippen molar-refractivity contribution in [3.05, 3.63) is 59.7 Å². The van der Waals surface area contributed by atoms with Crippen LogP contribution in [-0.4, -0.2) is 6.61 Å². The lowest BCUT2D eigenvalue weighted by molar-refractivity contribution is 0.340. The molecular weight excluding hydrogens is 210 g/mol. The molecule has 2 aromatic rings. The average molecular weight is 227 g/mol. The molecule has 2 heteroatoms. The Balaban J connectivity index is 2.05. The molecule has 0 atom stereocenters. The number of rotatable bonds is 4. The Kier molecular flexibility index (Phi) is 3.66. The van der Waals surface area contributed by atoms with Gasteiger partial charge in [-0.2, -0.15) is 0 Å². The summed E-state index contributed by atoms with van der Waals surface area (Å²) in [6.07, 6.45) is 0.923. The molecular formula is C15H17NO. The van der Waals surface area contributed by atoms with Gasteiger partial charge in [0.15, 0.2) is 0 Å². The van der Waals surface area contributed by atoms with E-state index in [0.29, 0.717) is 6.61 Å². The van der Waals surface area contributed by atoms with Crippen molar-refractivity contribution in [2.24, 2.45) is 0 Å². The molecule has 0 bridgehead atoms. The first-order valence-corrected chi connectivity index (χ1v) is 5.84. The first-order valence-electron chi connectivity index (χ1n) is 5.84. The molecule has 0 radical (unpaired) electrons. The van der Waals surface area contributed by atoms with Crippen LogP contribution in [-0.2, 0) is 6.42 Å². The highest BCUT2D eigenvalue weighted by Crippen LogP contribution is 2.16. The van der Waals surface area contributed by atoms with Crippen LogP contribution in [0.25, 0.3) is 0 Å². The molecule has 0 unspecified atom stereocenters. The minimum absolute atomic E-state index is 0.706. The van der Waals surface area contributed by atoms with E-state index in [1.54, 1.807) is 0 Å². The van der Waals surface area contributed by atoms with Crippen LogP contribution in [0, 0.1) is 0 Å². The van der Waals surface area contributed by atoms with Crippen LogP contribution in [0.4, 0.5) is 5.69 Å². The highest BCUT2D eigenvalue weighted by molar-refractivity contribution is 5.41. The third-order valence-corrected chi connectivity index (χ3v) is 2.62. The predicted molar refractivity (Wildman–Crippen MR) is 71.3 cm³/mol. The lowest BCUT2D eigenvalue weighted by atomic mass is 10.0. The second-order valence-corrected chi connectivity index (χ2v) is 4.00. The second kappa shape index (κ2) is 5.39.